The summed E-state index contributed by atoms with van der Waals surface area (Å²) >= 11 is 6.56. The van der Waals surface area contributed by atoms with Gasteiger partial charge in [0.1, 0.15) is 5.60 Å². The van der Waals surface area contributed by atoms with Gasteiger partial charge in [-0.25, -0.2) is 4.79 Å². The van der Waals surface area contributed by atoms with E-state index in [1.54, 1.807) is 6.92 Å². The molecule has 0 saturated heterocycles. The zero-order chi connectivity index (χ0) is 13.0. The molecule has 3 N–H and O–H groups in total. The molecule has 0 spiro atoms. The van der Waals surface area contributed by atoms with Crippen molar-refractivity contribution in [3.05, 3.63) is 12.2 Å². The van der Waals surface area contributed by atoms with Gasteiger partial charge in [0.15, 0.2) is 0 Å². The SMILES string of the molecule is C=C(C)C(=O)OC(C)(CC)C(Cl)(CC)CC.N. The minimum Gasteiger partial charge on any atom is -0.454 e. The van der Waals surface area contributed by atoms with Crippen LogP contribution in [0, 0.1) is 0 Å². The highest BCUT2D eigenvalue weighted by Crippen LogP contribution is 2.41. The first-order valence-electron chi connectivity index (χ1n) is 5.84. The minimum atomic E-state index is -0.645. The molecular weight excluding hydrogens is 238 g/mol. The van der Waals surface area contributed by atoms with Gasteiger partial charge in [-0.15, -0.1) is 11.6 Å². The highest BCUT2D eigenvalue weighted by molar-refractivity contribution is 6.24. The van der Waals surface area contributed by atoms with E-state index in [4.69, 9.17) is 16.3 Å². The average Bonchev–Trinajstić information content (AvgIpc) is 2.27. The molecule has 1 unspecified atom stereocenters. The molecule has 0 fully saturated rings. The van der Waals surface area contributed by atoms with Gasteiger partial charge in [-0.2, -0.15) is 0 Å². The van der Waals surface area contributed by atoms with E-state index in [-0.39, 0.29) is 12.1 Å². The van der Waals surface area contributed by atoms with Crippen molar-refractivity contribution in [3.63, 3.8) is 0 Å². The van der Waals surface area contributed by atoms with Gasteiger partial charge in [-0.3, -0.25) is 0 Å². The molecule has 1 atom stereocenters. The summed E-state index contributed by atoms with van der Waals surface area (Å²) in [4.78, 5) is 11.1. The smallest absolute Gasteiger partial charge is 0.333 e. The molecule has 4 heteroatoms. The number of hydrogen-bond acceptors (Lipinski definition) is 3. The molecule has 0 rings (SSSR count). The lowest BCUT2D eigenvalue weighted by Crippen LogP contribution is -2.50. The Kier molecular flexibility index (Phi) is 7.77. The van der Waals surface area contributed by atoms with Crippen LogP contribution in [0.25, 0.3) is 0 Å². The van der Waals surface area contributed by atoms with Crippen molar-refractivity contribution in [1.29, 1.82) is 0 Å². The van der Waals surface area contributed by atoms with Crippen molar-refractivity contribution in [1.82, 2.24) is 6.15 Å². The lowest BCUT2D eigenvalue weighted by molar-refractivity contribution is -0.157. The highest BCUT2D eigenvalue weighted by atomic mass is 35.5. The van der Waals surface area contributed by atoms with Gasteiger partial charge >= 0.3 is 5.97 Å². The standard InChI is InChI=1S/C13H23ClO2.H3N/c1-7-12(6,13(14,8-2)9-3)16-11(15)10(4)5;/h4,7-9H2,1-3,5-6H3;1H3. The monoisotopic (exact) mass is 263 g/mol. The largest absolute Gasteiger partial charge is 0.454 e. The normalized spacial score (nSPS) is 14.5. The van der Waals surface area contributed by atoms with Crippen LogP contribution in [0.1, 0.15) is 53.9 Å². The molecular formula is C13H26ClNO2. The summed E-state index contributed by atoms with van der Waals surface area (Å²) < 4.78 is 5.53. The number of carbonyl (C=O) groups is 1. The third kappa shape index (κ3) is 4.00. The second-order valence-corrected chi connectivity index (χ2v) is 5.15. The van der Waals surface area contributed by atoms with E-state index in [0.717, 1.165) is 12.8 Å². The van der Waals surface area contributed by atoms with Gasteiger partial charge in [0.25, 0.3) is 0 Å². The fraction of sp³-hybridized carbons (Fsp3) is 0.769. The maximum atomic E-state index is 11.6. The van der Waals surface area contributed by atoms with E-state index >= 15 is 0 Å². The van der Waals surface area contributed by atoms with E-state index in [1.807, 2.05) is 27.7 Å². The summed E-state index contributed by atoms with van der Waals surface area (Å²) in [6.45, 7) is 13.1. The molecule has 0 amide bonds. The lowest BCUT2D eigenvalue weighted by Gasteiger charge is -2.42. The molecule has 0 bridgehead atoms. The molecule has 17 heavy (non-hydrogen) atoms. The van der Waals surface area contributed by atoms with Crippen molar-refractivity contribution in [3.8, 4) is 0 Å². The number of alkyl halides is 1. The maximum absolute atomic E-state index is 11.6. The van der Waals surface area contributed by atoms with Gasteiger partial charge < -0.3 is 10.9 Å². The van der Waals surface area contributed by atoms with Crippen LogP contribution < -0.4 is 6.15 Å². The first-order valence-corrected chi connectivity index (χ1v) is 6.21. The Balaban J connectivity index is 0. The Bertz CT molecular complexity index is 275. The summed E-state index contributed by atoms with van der Waals surface area (Å²) in [5, 5.41) is 0. The second-order valence-electron chi connectivity index (χ2n) is 4.43. The summed E-state index contributed by atoms with van der Waals surface area (Å²) in [6, 6.07) is 0. The predicted octanol–water partition coefficient (Wildman–Crippen LogP) is 4.23. The fourth-order valence-corrected chi connectivity index (χ4v) is 1.94. The lowest BCUT2D eigenvalue weighted by atomic mass is 9.81. The van der Waals surface area contributed by atoms with Gasteiger partial charge in [0, 0.05) is 5.57 Å². The molecule has 102 valence electrons. The van der Waals surface area contributed by atoms with Crippen molar-refractivity contribution in [2.24, 2.45) is 0 Å². The predicted molar refractivity (Wildman–Crippen MR) is 73.8 cm³/mol. The summed E-state index contributed by atoms with van der Waals surface area (Å²) in [7, 11) is 0. The molecule has 0 radical (unpaired) electrons. The van der Waals surface area contributed by atoms with Crippen LogP contribution in [0.5, 0.6) is 0 Å². The quantitative estimate of drug-likeness (QED) is 0.443. The van der Waals surface area contributed by atoms with Crippen LogP contribution in [0.2, 0.25) is 0 Å². The Hall–Kier alpha value is -0.540. The molecule has 3 nitrogen and oxygen atoms in total. The van der Waals surface area contributed by atoms with Gasteiger partial charge in [0.05, 0.1) is 4.87 Å². The number of carbonyl (C=O) groups excluding carboxylic acids is 1. The minimum absolute atomic E-state index is 0. The molecule has 0 saturated carbocycles. The van der Waals surface area contributed by atoms with Gasteiger partial charge in [-0.05, 0) is 33.1 Å². The van der Waals surface area contributed by atoms with Crippen molar-refractivity contribution in [2.45, 2.75) is 64.4 Å². The number of hydrogen-bond donors (Lipinski definition) is 1. The molecule has 0 aromatic rings. The van der Waals surface area contributed by atoms with Crippen molar-refractivity contribution < 1.29 is 9.53 Å². The van der Waals surface area contributed by atoms with E-state index in [0.29, 0.717) is 12.0 Å². The van der Waals surface area contributed by atoms with Crippen LogP contribution >= 0.6 is 11.6 Å². The summed E-state index contributed by atoms with van der Waals surface area (Å²) in [5.41, 5.74) is -0.237. The van der Waals surface area contributed by atoms with Gasteiger partial charge in [-0.1, -0.05) is 27.4 Å². The maximum Gasteiger partial charge on any atom is 0.333 e. The topological polar surface area (TPSA) is 61.3 Å². The van der Waals surface area contributed by atoms with E-state index in [1.165, 1.54) is 0 Å². The molecule has 0 aromatic heterocycles. The van der Waals surface area contributed by atoms with Crippen LogP contribution in [-0.4, -0.2) is 16.4 Å². The summed E-state index contributed by atoms with van der Waals surface area (Å²) in [6.07, 6.45) is 2.22. The molecule has 0 heterocycles. The van der Waals surface area contributed by atoms with Crippen molar-refractivity contribution in [2.75, 3.05) is 0 Å². The second kappa shape index (κ2) is 7.02. The Morgan fingerprint density at radius 3 is 1.88 bits per heavy atom. The molecule has 0 aliphatic rings. The van der Waals surface area contributed by atoms with Gasteiger partial charge in [0.2, 0.25) is 0 Å². The molecule has 0 aliphatic heterocycles. The highest BCUT2D eigenvalue weighted by Gasteiger charge is 2.46. The van der Waals surface area contributed by atoms with Crippen LogP contribution in [0.3, 0.4) is 0 Å². The first kappa shape index (κ1) is 18.8. The van der Waals surface area contributed by atoms with E-state index in [9.17, 15) is 4.79 Å². The zero-order valence-corrected chi connectivity index (χ0v) is 12.5. The number of halogens is 1. The number of esters is 1. The number of rotatable bonds is 6. The number of ether oxygens (including phenoxy) is 1. The Morgan fingerprint density at radius 1 is 1.24 bits per heavy atom. The van der Waals surface area contributed by atoms with Crippen LogP contribution in [0.4, 0.5) is 0 Å². The van der Waals surface area contributed by atoms with Crippen molar-refractivity contribution >= 4 is 17.6 Å². The van der Waals surface area contributed by atoms with E-state index in [2.05, 4.69) is 6.58 Å². The molecule has 0 aliphatic carbocycles. The third-order valence-corrected chi connectivity index (χ3v) is 4.34. The Morgan fingerprint density at radius 2 is 1.65 bits per heavy atom. The average molecular weight is 264 g/mol. The fourth-order valence-electron chi connectivity index (χ4n) is 1.77. The Labute approximate surface area is 110 Å². The summed E-state index contributed by atoms with van der Waals surface area (Å²) in [5.74, 6) is -0.365. The first-order chi connectivity index (χ1) is 7.26. The third-order valence-electron chi connectivity index (χ3n) is 3.41. The van der Waals surface area contributed by atoms with Crippen LogP contribution in [0.15, 0.2) is 12.2 Å². The van der Waals surface area contributed by atoms with Crippen LogP contribution in [-0.2, 0) is 9.53 Å². The molecule has 0 aromatic carbocycles. The zero-order valence-electron chi connectivity index (χ0n) is 11.7. The van der Waals surface area contributed by atoms with E-state index < -0.39 is 10.5 Å².